The number of nitrogens with zero attached hydrogens (tertiary/aromatic N) is 2. The lowest BCUT2D eigenvalue weighted by molar-refractivity contribution is 0.0928. The fourth-order valence-electron chi connectivity index (χ4n) is 2.10. The number of anilines is 2. The van der Waals surface area contributed by atoms with E-state index in [1.54, 1.807) is 0 Å². The van der Waals surface area contributed by atoms with E-state index in [1.165, 1.54) is 6.33 Å². The number of H-pyrrole nitrogens is 1. The molecule has 1 aromatic heterocycles. The second-order valence-electron chi connectivity index (χ2n) is 4.95. The topological polar surface area (TPSA) is 96.3 Å². The largest absolute Gasteiger partial charge is 0.391 e. The molecule has 19 heavy (non-hydrogen) atoms. The summed E-state index contributed by atoms with van der Waals surface area (Å²) < 4.78 is 5.50. The van der Waals surface area contributed by atoms with Crippen LogP contribution in [0.4, 0.5) is 11.5 Å². The number of aromatic nitrogens is 2. The Bertz CT molecular complexity index is 473. The van der Waals surface area contributed by atoms with Crippen LogP contribution in [0.3, 0.4) is 0 Å². The van der Waals surface area contributed by atoms with Crippen LogP contribution in [-0.4, -0.2) is 48.4 Å². The summed E-state index contributed by atoms with van der Waals surface area (Å²) in [6, 6.07) is 0.529. The molecule has 1 aliphatic heterocycles. The normalized spacial score (nSPS) is 19.9. The highest BCUT2D eigenvalue weighted by Crippen LogP contribution is 2.20. The molecular weight excluding hydrogens is 246 g/mol. The molecule has 1 unspecified atom stereocenters. The number of rotatable bonds is 4. The molecule has 0 bridgehead atoms. The second kappa shape index (κ2) is 6.03. The molecular formula is C12H21N5O2. The summed E-state index contributed by atoms with van der Waals surface area (Å²) in [4.78, 5) is 20.3. The van der Waals surface area contributed by atoms with Gasteiger partial charge in [-0.1, -0.05) is 13.8 Å². The highest BCUT2D eigenvalue weighted by molar-refractivity contribution is 5.61. The molecule has 2 rings (SSSR count). The Kier molecular flexibility index (Phi) is 4.39. The van der Waals surface area contributed by atoms with Crippen LogP contribution < -0.4 is 21.5 Å². The van der Waals surface area contributed by atoms with Crippen LogP contribution in [0.2, 0.25) is 0 Å². The van der Waals surface area contributed by atoms with Crippen molar-refractivity contribution in [3.05, 3.63) is 16.7 Å². The van der Waals surface area contributed by atoms with E-state index in [0.29, 0.717) is 31.6 Å². The third kappa shape index (κ3) is 3.24. The lowest BCUT2D eigenvalue weighted by Gasteiger charge is -2.37. The summed E-state index contributed by atoms with van der Waals surface area (Å²) in [6.45, 7) is 6.86. The molecule has 2 heterocycles. The summed E-state index contributed by atoms with van der Waals surface area (Å²) in [5, 5.41) is 3.37. The number of hydrogen-bond acceptors (Lipinski definition) is 6. The third-order valence-corrected chi connectivity index (χ3v) is 3.13. The summed E-state index contributed by atoms with van der Waals surface area (Å²) >= 11 is 0. The molecule has 0 amide bonds. The molecule has 1 fully saturated rings. The molecule has 0 spiro atoms. The van der Waals surface area contributed by atoms with Gasteiger partial charge in [-0.15, -0.1) is 0 Å². The van der Waals surface area contributed by atoms with Gasteiger partial charge in [-0.05, 0) is 0 Å². The van der Waals surface area contributed by atoms with Crippen LogP contribution in [0.1, 0.15) is 13.8 Å². The van der Waals surface area contributed by atoms with Gasteiger partial charge in [0, 0.05) is 19.1 Å². The number of morpholine rings is 1. The number of aromatic amines is 1. The molecule has 7 heteroatoms. The van der Waals surface area contributed by atoms with E-state index in [-0.39, 0.29) is 17.3 Å². The van der Waals surface area contributed by atoms with E-state index in [1.807, 2.05) is 4.90 Å². The van der Waals surface area contributed by atoms with Crippen LogP contribution in [0, 0.1) is 0 Å². The van der Waals surface area contributed by atoms with Crippen molar-refractivity contribution in [2.24, 2.45) is 0 Å². The van der Waals surface area contributed by atoms with E-state index in [4.69, 9.17) is 10.5 Å². The summed E-state index contributed by atoms with van der Waals surface area (Å²) in [5.41, 5.74) is 5.69. The van der Waals surface area contributed by atoms with E-state index in [9.17, 15) is 4.79 Å². The predicted molar refractivity (Wildman–Crippen MR) is 74.4 cm³/mol. The number of nitrogens with two attached hydrogens (primary N) is 1. The maximum atomic E-state index is 11.6. The standard InChI is InChI=1S/C12H21N5O2/c1-8(2)14-5-9-6-19-4-3-17(9)11-10(13)12(18)16-7-15-11/h7-9,14H,3-6,13H2,1-2H3,(H,15,16,18). The highest BCUT2D eigenvalue weighted by atomic mass is 16.5. The SMILES string of the molecule is CC(C)NCC1COCCN1c1nc[nH]c(=O)c1N. The Morgan fingerprint density at radius 3 is 3.21 bits per heavy atom. The third-order valence-electron chi connectivity index (χ3n) is 3.13. The van der Waals surface area contributed by atoms with Crippen molar-refractivity contribution in [3.63, 3.8) is 0 Å². The first kappa shape index (κ1) is 13.8. The fourth-order valence-corrected chi connectivity index (χ4v) is 2.10. The monoisotopic (exact) mass is 267 g/mol. The average Bonchev–Trinajstić information content (AvgIpc) is 2.40. The van der Waals surface area contributed by atoms with Gasteiger partial charge in [0.2, 0.25) is 0 Å². The molecule has 106 valence electrons. The minimum Gasteiger partial charge on any atom is -0.391 e. The van der Waals surface area contributed by atoms with Crippen LogP contribution in [0.25, 0.3) is 0 Å². The van der Waals surface area contributed by atoms with Crippen LogP contribution >= 0.6 is 0 Å². The van der Waals surface area contributed by atoms with Crippen molar-refractivity contribution in [2.45, 2.75) is 25.9 Å². The van der Waals surface area contributed by atoms with Crippen molar-refractivity contribution in [2.75, 3.05) is 36.9 Å². The molecule has 7 nitrogen and oxygen atoms in total. The van der Waals surface area contributed by atoms with E-state index < -0.39 is 0 Å². The van der Waals surface area contributed by atoms with Gasteiger partial charge in [-0.2, -0.15) is 0 Å². The van der Waals surface area contributed by atoms with Crippen molar-refractivity contribution in [1.29, 1.82) is 0 Å². The lowest BCUT2D eigenvalue weighted by atomic mass is 10.2. The van der Waals surface area contributed by atoms with E-state index in [0.717, 1.165) is 6.54 Å². The smallest absolute Gasteiger partial charge is 0.276 e. The summed E-state index contributed by atoms with van der Waals surface area (Å²) in [7, 11) is 0. The first-order valence-corrected chi connectivity index (χ1v) is 6.50. The molecule has 0 saturated carbocycles. The first-order valence-electron chi connectivity index (χ1n) is 6.50. The molecule has 1 saturated heterocycles. The van der Waals surface area contributed by atoms with Gasteiger partial charge < -0.3 is 25.7 Å². The average molecular weight is 267 g/mol. The van der Waals surface area contributed by atoms with Gasteiger partial charge >= 0.3 is 0 Å². The number of nitrogens with one attached hydrogen (secondary N) is 2. The van der Waals surface area contributed by atoms with Crippen molar-refractivity contribution >= 4 is 11.5 Å². The maximum absolute atomic E-state index is 11.6. The zero-order valence-electron chi connectivity index (χ0n) is 11.3. The molecule has 0 radical (unpaired) electrons. The van der Waals surface area contributed by atoms with Crippen molar-refractivity contribution in [3.8, 4) is 0 Å². The van der Waals surface area contributed by atoms with Crippen molar-refractivity contribution in [1.82, 2.24) is 15.3 Å². The zero-order valence-corrected chi connectivity index (χ0v) is 11.3. The Balaban J connectivity index is 2.19. The summed E-state index contributed by atoms with van der Waals surface area (Å²) in [5.74, 6) is 0.544. The quantitative estimate of drug-likeness (QED) is 0.684. The molecule has 1 aromatic rings. The molecule has 1 aliphatic rings. The van der Waals surface area contributed by atoms with E-state index in [2.05, 4.69) is 29.1 Å². The predicted octanol–water partition coefficient (Wildman–Crippen LogP) is -0.445. The molecule has 0 aromatic carbocycles. The van der Waals surface area contributed by atoms with E-state index >= 15 is 0 Å². The van der Waals surface area contributed by atoms with Crippen LogP contribution in [-0.2, 0) is 4.74 Å². The van der Waals surface area contributed by atoms with Crippen molar-refractivity contribution < 1.29 is 4.74 Å². The van der Waals surface area contributed by atoms with Gasteiger partial charge in [0.25, 0.3) is 5.56 Å². The maximum Gasteiger partial charge on any atom is 0.276 e. The number of nitrogen functional groups attached to an aromatic ring is 1. The molecule has 0 aliphatic carbocycles. The first-order chi connectivity index (χ1) is 9.09. The lowest BCUT2D eigenvalue weighted by Crippen LogP contribution is -2.52. The zero-order chi connectivity index (χ0) is 13.8. The van der Waals surface area contributed by atoms with Gasteiger partial charge in [0.15, 0.2) is 5.82 Å². The van der Waals surface area contributed by atoms with Crippen LogP contribution in [0.15, 0.2) is 11.1 Å². The minimum absolute atomic E-state index is 0.132. The molecule has 4 N–H and O–H groups in total. The van der Waals surface area contributed by atoms with Crippen LogP contribution in [0.5, 0.6) is 0 Å². The van der Waals surface area contributed by atoms with Gasteiger partial charge in [-0.25, -0.2) is 4.98 Å². The number of ether oxygens (including phenoxy) is 1. The van der Waals surface area contributed by atoms with Gasteiger partial charge in [0.1, 0.15) is 5.69 Å². The second-order valence-corrected chi connectivity index (χ2v) is 4.95. The Labute approximate surface area is 112 Å². The Hall–Kier alpha value is -1.60. The van der Waals surface area contributed by atoms with Gasteiger partial charge in [0.05, 0.1) is 25.6 Å². The Morgan fingerprint density at radius 1 is 1.68 bits per heavy atom. The Morgan fingerprint density at radius 2 is 2.47 bits per heavy atom. The fraction of sp³-hybridized carbons (Fsp3) is 0.667. The van der Waals surface area contributed by atoms with Gasteiger partial charge in [-0.3, -0.25) is 4.79 Å². The summed E-state index contributed by atoms with van der Waals surface area (Å²) in [6.07, 6.45) is 1.39. The highest BCUT2D eigenvalue weighted by Gasteiger charge is 2.26. The molecule has 1 atom stereocenters. The minimum atomic E-state index is -0.299. The number of hydrogen-bond donors (Lipinski definition) is 3.